The SMILES string of the molecule is CC(C)c1ccc(-c2nnn(CC(=O)c3ccccc3Cl)n2)cc1. The summed E-state index contributed by atoms with van der Waals surface area (Å²) in [7, 11) is 0. The maximum absolute atomic E-state index is 12.3. The highest BCUT2D eigenvalue weighted by molar-refractivity contribution is 6.33. The molecular weight excluding hydrogens is 324 g/mol. The van der Waals surface area contributed by atoms with Crippen LogP contribution in [0.1, 0.15) is 35.7 Å². The van der Waals surface area contributed by atoms with Crippen LogP contribution in [0.15, 0.2) is 48.5 Å². The zero-order chi connectivity index (χ0) is 17.1. The van der Waals surface area contributed by atoms with Crippen molar-refractivity contribution in [2.45, 2.75) is 26.3 Å². The van der Waals surface area contributed by atoms with E-state index in [1.165, 1.54) is 10.4 Å². The number of carbonyl (C=O) groups excluding carboxylic acids is 1. The summed E-state index contributed by atoms with van der Waals surface area (Å²) >= 11 is 6.04. The molecule has 122 valence electrons. The molecule has 2 aromatic carbocycles. The van der Waals surface area contributed by atoms with E-state index in [-0.39, 0.29) is 12.3 Å². The number of tetrazole rings is 1. The molecule has 0 aliphatic rings. The fourth-order valence-corrected chi connectivity index (χ4v) is 2.58. The maximum atomic E-state index is 12.3. The van der Waals surface area contributed by atoms with Crippen LogP contribution >= 0.6 is 11.6 Å². The Kier molecular flexibility index (Phi) is 4.71. The number of Topliss-reactive ketones (excluding diaryl/α,β-unsaturated/α-hetero) is 1. The molecule has 0 bridgehead atoms. The molecule has 6 heteroatoms. The number of nitrogens with zero attached hydrogens (tertiary/aromatic N) is 4. The van der Waals surface area contributed by atoms with Crippen LogP contribution < -0.4 is 0 Å². The van der Waals surface area contributed by atoms with Crippen molar-refractivity contribution in [1.29, 1.82) is 0 Å². The Morgan fingerprint density at radius 2 is 1.83 bits per heavy atom. The number of hydrogen-bond acceptors (Lipinski definition) is 4. The molecule has 1 heterocycles. The lowest BCUT2D eigenvalue weighted by molar-refractivity contribution is 0.0961. The van der Waals surface area contributed by atoms with E-state index in [9.17, 15) is 4.79 Å². The van der Waals surface area contributed by atoms with Crippen molar-refractivity contribution in [3.63, 3.8) is 0 Å². The number of rotatable bonds is 5. The maximum Gasteiger partial charge on any atom is 0.204 e. The third-order valence-corrected chi connectivity index (χ3v) is 4.08. The van der Waals surface area contributed by atoms with E-state index in [1.54, 1.807) is 24.3 Å². The first-order valence-corrected chi connectivity index (χ1v) is 8.08. The fraction of sp³-hybridized carbons (Fsp3) is 0.222. The van der Waals surface area contributed by atoms with Crippen LogP contribution in [0.4, 0.5) is 0 Å². The second-order valence-corrected chi connectivity index (χ2v) is 6.23. The summed E-state index contributed by atoms with van der Waals surface area (Å²) in [6.45, 7) is 4.29. The summed E-state index contributed by atoms with van der Waals surface area (Å²) in [5.74, 6) is 0.813. The molecule has 0 fully saturated rings. The third kappa shape index (κ3) is 3.51. The predicted octanol–water partition coefficient (Wildman–Crippen LogP) is 4.00. The van der Waals surface area contributed by atoms with Gasteiger partial charge in [-0.2, -0.15) is 4.80 Å². The van der Waals surface area contributed by atoms with E-state index in [0.29, 0.717) is 22.3 Å². The van der Waals surface area contributed by atoms with Gasteiger partial charge in [-0.25, -0.2) is 0 Å². The number of hydrogen-bond donors (Lipinski definition) is 0. The van der Waals surface area contributed by atoms with Crippen molar-refractivity contribution in [3.8, 4) is 11.4 Å². The lowest BCUT2D eigenvalue weighted by Crippen LogP contribution is -2.13. The van der Waals surface area contributed by atoms with E-state index in [4.69, 9.17) is 11.6 Å². The van der Waals surface area contributed by atoms with Gasteiger partial charge in [0, 0.05) is 11.1 Å². The van der Waals surface area contributed by atoms with Crippen LogP contribution in [0.25, 0.3) is 11.4 Å². The number of benzene rings is 2. The molecule has 0 aliphatic heterocycles. The van der Waals surface area contributed by atoms with Gasteiger partial charge in [-0.3, -0.25) is 4.79 Å². The van der Waals surface area contributed by atoms with E-state index in [0.717, 1.165) is 5.56 Å². The summed E-state index contributed by atoms with van der Waals surface area (Å²) in [6, 6.07) is 15.0. The molecule has 3 aromatic rings. The molecule has 24 heavy (non-hydrogen) atoms. The predicted molar refractivity (Wildman–Crippen MR) is 93.1 cm³/mol. The quantitative estimate of drug-likeness (QED) is 0.659. The van der Waals surface area contributed by atoms with E-state index >= 15 is 0 Å². The highest BCUT2D eigenvalue weighted by atomic mass is 35.5. The highest BCUT2D eigenvalue weighted by Gasteiger charge is 2.13. The molecule has 0 atom stereocenters. The largest absolute Gasteiger partial charge is 0.292 e. The van der Waals surface area contributed by atoms with Gasteiger partial charge in [0.25, 0.3) is 0 Å². The standard InChI is InChI=1S/C18H17ClN4O/c1-12(2)13-7-9-14(10-8-13)18-20-22-23(21-18)11-17(24)15-5-3-4-6-16(15)19/h3-10,12H,11H2,1-2H3. The highest BCUT2D eigenvalue weighted by Crippen LogP contribution is 2.20. The van der Waals surface area contributed by atoms with Crippen LogP contribution in [0.2, 0.25) is 5.02 Å². The van der Waals surface area contributed by atoms with Crippen LogP contribution in [0.3, 0.4) is 0 Å². The van der Waals surface area contributed by atoms with Crippen LogP contribution in [0, 0.1) is 0 Å². The molecule has 0 spiro atoms. The minimum atomic E-state index is -0.153. The number of aromatic nitrogens is 4. The first-order chi connectivity index (χ1) is 11.5. The Balaban J connectivity index is 1.76. The molecule has 0 amide bonds. The summed E-state index contributed by atoms with van der Waals surface area (Å²) in [6.07, 6.45) is 0. The molecule has 0 saturated carbocycles. The first kappa shape index (κ1) is 16.3. The Bertz CT molecular complexity index is 855. The van der Waals surface area contributed by atoms with Crippen molar-refractivity contribution in [1.82, 2.24) is 20.2 Å². The molecule has 0 N–H and O–H groups in total. The van der Waals surface area contributed by atoms with Gasteiger partial charge in [-0.1, -0.05) is 61.8 Å². The van der Waals surface area contributed by atoms with Gasteiger partial charge in [0.05, 0.1) is 5.02 Å². The second kappa shape index (κ2) is 6.93. The van der Waals surface area contributed by atoms with Gasteiger partial charge in [-0.05, 0) is 28.8 Å². The Morgan fingerprint density at radius 1 is 1.12 bits per heavy atom. The average molecular weight is 341 g/mol. The minimum Gasteiger partial charge on any atom is -0.292 e. The van der Waals surface area contributed by atoms with Crippen LogP contribution in [-0.2, 0) is 6.54 Å². The molecule has 0 radical (unpaired) electrons. The first-order valence-electron chi connectivity index (χ1n) is 7.70. The monoisotopic (exact) mass is 340 g/mol. The van der Waals surface area contributed by atoms with Crippen molar-refractivity contribution in [3.05, 3.63) is 64.7 Å². The van der Waals surface area contributed by atoms with Gasteiger partial charge >= 0.3 is 0 Å². The van der Waals surface area contributed by atoms with E-state index in [1.807, 2.05) is 12.1 Å². The number of carbonyl (C=O) groups is 1. The Labute approximate surface area is 145 Å². The lowest BCUT2D eigenvalue weighted by atomic mass is 10.0. The summed E-state index contributed by atoms with van der Waals surface area (Å²) in [4.78, 5) is 13.6. The molecule has 0 aliphatic carbocycles. The zero-order valence-electron chi connectivity index (χ0n) is 13.5. The van der Waals surface area contributed by atoms with Gasteiger partial charge in [-0.15, -0.1) is 10.2 Å². The number of halogens is 1. The van der Waals surface area contributed by atoms with Gasteiger partial charge in [0.15, 0.2) is 5.78 Å². The average Bonchev–Trinajstić information content (AvgIpc) is 3.03. The molecule has 5 nitrogen and oxygen atoms in total. The van der Waals surface area contributed by atoms with Crippen molar-refractivity contribution < 1.29 is 4.79 Å². The van der Waals surface area contributed by atoms with Gasteiger partial charge < -0.3 is 0 Å². The van der Waals surface area contributed by atoms with Crippen molar-refractivity contribution >= 4 is 17.4 Å². The lowest BCUT2D eigenvalue weighted by Gasteiger charge is -2.04. The molecule has 1 aromatic heterocycles. The van der Waals surface area contributed by atoms with Crippen LogP contribution in [0.5, 0.6) is 0 Å². The molecule has 0 unspecified atom stereocenters. The summed E-state index contributed by atoms with van der Waals surface area (Å²) < 4.78 is 0. The second-order valence-electron chi connectivity index (χ2n) is 5.82. The van der Waals surface area contributed by atoms with Crippen LogP contribution in [-0.4, -0.2) is 26.0 Å². The third-order valence-electron chi connectivity index (χ3n) is 3.75. The number of ketones is 1. The molecular formula is C18H17ClN4O. The van der Waals surface area contributed by atoms with Gasteiger partial charge in [0.2, 0.25) is 5.82 Å². The summed E-state index contributed by atoms with van der Waals surface area (Å²) in [5.41, 5.74) is 2.58. The molecule has 3 rings (SSSR count). The topological polar surface area (TPSA) is 60.7 Å². The minimum absolute atomic E-state index is 0.000805. The van der Waals surface area contributed by atoms with E-state index < -0.39 is 0 Å². The smallest absolute Gasteiger partial charge is 0.204 e. The molecule has 0 saturated heterocycles. The Morgan fingerprint density at radius 3 is 2.50 bits per heavy atom. The summed E-state index contributed by atoms with van der Waals surface area (Å²) in [5, 5.41) is 12.7. The van der Waals surface area contributed by atoms with Gasteiger partial charge in [0.1, 0.15) is 6.54 Å². The fourth-order valence-electron chi connectivity index (χ4n) is 2.34. The zero-order valence-corrected chi connectivity index (χ0v) is 14.2. The van der Waals surface area contributed by atoms with E-state index in [2.05, 4.69) is 41.4 Å². The van der Waals surface area contributed by atoms with Crippen molar-refractivity contribution in [2.75, 3.05) is 0 Å². The normalized spacial score (nSPS) is 11.0. The Hall–Kier alpha value is -2.53. The van der Waals surface area contributed by atoms with Crippen molar-refractivity contribution in [2.24, 2.45) is 0 Å².